The summed E-state index contributed by atoms with van der Waals surface area (Å²) in [5, 5.41) is 28.1. The van der Waals surface area contributed by atoms with E-state index in [0.29, 0.717) is 34.7 Å². The zero-order valence-corrected chi connectivity index (χ0v) is 27.0. The maximum atomic E-state index is 9.12. The van der Waals surface area contributed by atoms with Gasteiger partial charge in [-0.15, -0.1) is 0 Å². The van der Waals surface area contributed by atoms with E-state index in [9.17, 15) is 0 Å². The first kappa shape index (κ1) is 31.8. The molecule has 1 heterocycles. The molecule has 0 saturated carbocycles. The lowest BCUT2D eigenvalue weighted by Gasteiger charge is -2.13. The lowest BCUT2D eigenvalue weighted by molar-refractivity contribution is 1.06. The van der Waals surface area contributed by atoms with Crippen molar-refractivity contribution in [2.24, 2.45) is 0 Å². The molecule has 7 aromatic rings. The normalized spacial score (nSPS) is 10.3. The predicted molar refractivity (Wildman–Crippen MR) is 201 cm³/mol. The average Bonchev–Trinajstić information content (AvgIpc) is 3.19. The summed E-state index contributed by atoms with van der Waals surface area (Å²) < 4.78 is 0. The zero-order chi connectivity index (χ0) is 35.0. The number of benzene rings is 6. The fourth-order valence-electron chi connectivity index (χ4n) is 5.37. The molecule has 6 aromatic carbocycles. The van der Waals surface area contributed by atoms with E-state index in [1.807, 2.05) is 121 Å². The monoisotopic (exact) mass is 657 g/mol. The summed E-state index contributed by atoms with van der Waals surface area (Å²) in [6.07, 6.45) is 0. The minimum atomic E-state index is 0.340. The molecule has 0 radical (unpaired) electrons. The molecule has 0 fully saturated rings. The van der Waals surface area contributed by atoms with Crippen molar-refractivity contribution >= 4 is 40.6 Å². The van der Waals surface area contributed by atoms with Crippen LogP contribution in [0.1, 0.15) is 11.1 Å². The number of nitriles is 2. The quantitative estimate of drug-likeness (QED) is 0.131. The molecule has 0 aliphatic rings. The second kappa shape index (κ2) is 14.5. The Bertz CT molecular complexity index is 2130. The molecule has 1 aromatic heterocycles. The number of aromatic nitrogens is 3. The summed E-state index contributed by atoms with van der Waals surface area (Å²) >= 11 is 0. The number of rotatable bonds is 9. The van der Waals surface area contributed by atoms with Gasteiger partial charge in [0.25, 0.3) is 0 Å². The van der Waals surface area contributed by atoms with E-state index in [1.54, 1.807) is 24.3 Å². The van der Waals surface area contributed by atoms with Crippen LogP contribution in [0.2, 0.25) is 0 Å². The molecule has 7 rings (SSSR count). The molecule has 3 N–H and O–H groups in total. The van der Waals surface area contributed by atoms with Crippen LogP contribution in [0, 0.1) is 29.2 Å². The molecular formula is C42H27N9. The molecule has 0 bridgehead atoms. The third kappa shape index (κ3) is 7.69. The van der Waals surface area contributed by atoms with Crippen LogP contribution in [0.5, 0.6) is 0 Å². The van der Waals surface area contributed by atoms with E-state index in [0.717, 1.165) is 50.4 Å². The third-order valence-corrected chi connectivity index (χ3v) is 8.08. The van der Waals surface area contributed by atoms with E-state index in [4.69, 9.17) is 17.1 Å². The predicted octanol–water partition coefficient (Wildman–Crippen LogP) is 10.4. The second-order valence-corrected chi connectivity index (χ2v) is 11.5. The Labute approximate surface area is 295 Å². The van der Waals surface area contributed by atoms with E-state index in [-0.39, 0.29) is 0 Å². The average molecular weight is 658 g/mol. The van der Waals surface area contributed by atoms with Gasteiger partial charge in [0.2, 0.25) is 17.8 Å². The summed E-state index contributed by atoms with van der Waals surface area (Å²) in [7, 11) is 0. The highest BCUT2D eigenvalue weighted by Gasteiger charge is 2.10. The van der Waals surface area contributed by atoms with Crippen LogP contribution >= 0.6 is 0 Å². The molecule has 0 unspecified atom stereocenters. The smallest absolute Gasteiger partial charge is 0.233 e. The van der Waals surface area contributed by atoms with Crippen LogP contribution in [0.3, 0.4) is 0 Å². The van der Waals surface area contributed by atoms with Gasteiger partial charge in [0, 0.05) is 17.1 Å². The van der Waals surface area contributed by atoms with Crippen LogP contribution in [0.25, 0.3) is 38.2 Å². The first-order chi connectivity index (χ1) is 25.0. The SMILES string of the molecule is [C-]#[N+]c1ccc(-c2ccc(Nc3nc(Nc4ccc(-c5ccc(C#N)cc5)cc4)nc(Nc4ccc(-c5ccc(C#N)cc5)cc4)n3)cc2)cc1. The summed E-state index contributed by atoms with van der Waals surface area (Å²) in [6.45, 7) is 7.19. The fraction of sp³-hybridized carbons (Fsp3) is 0. The zero-order valence-electron chi connectivity index (χ0n) is 27.0. The largest absolute Gasteiger partial charge is 0.324 e. The second-order valence-electron chi connectivity index (χ2n) is 11.5. The Morgan fingerprint density at radius 3 is 0.902 bits per heavy atom. The Hall–Kier alpha value is -7.80. The van der Waals surface area contributed by atoms with Crippen molar-refractivity contribution in [3.8, 4) is 45.5 Å². The molecule has 51 heavy (non-hydrogen) atoms. The lowest BCUT2D eigenvalue weighted by Crippen LogP contribution is -2.07. The molecule has 0 aliphatic carbocycles. The van der Waals surface area contributed by atoms with Crippen molar-refractivity contribution in [2.45, 2.75) is 0 Å². The van der Waals surface area contributed by atoms with E-state index >= 15 is 0 Å². The van der Waals surface area contributed by atoms with Crippen LogP contribution in [0.4, 0.5) is 40.6 Å². The van der Waals surface area contributed by atoms with Crippen LogP contribution < -0.4 is 16.0 Å². The number of hydrogen-bond acceptors (Lipinski definition) is 8. The van der Waals surface area contributed by atoms with Gasteiger partial charge < -0.3 is 16.0 Å². The molecule has 240 valence electrons. The van der Waals surface area contributed by atoms with Crippen molar-refractivity contribution in [3.63, 3.8) is 0 Å². The maximum Gasteiger partial charge on any atom is 0.233 e. The first-order valence-corrected chi connectivity index (χ1v) is 15.9. The summed E-state index contributed by atoms with van der Waals surface area (Å²) in [4.78, 5) is 17.5. The van der Waals surface area contributed by atoms with Gasteiger partial charge in [-0.05, 0) is 94.0 Å². The van der Waals surface area contributed by atoms with Gasteiger partial charge >= 0.3 is 0 Å². The molecule has 0 spiro atoms. The Morgan fingerprint density at radius 1 is 0.392 bits per heavy atom. The number of nitrogens with zero attached hydrogens (tertiary/aromatic N) is 6. The van der Waals surface area contributed by atoms with Gasteiger partial charge in [-0.3, -0.25) is 0 Å². The van der Waals surface area contributed by atoms with E-state index < -0.39 is 0 Å². The van der Waals surface area contributed by atoms with Gasteiger partial charge in [-0.1, -0.05) is 84.9 Å². The standard InChI is InChI=1S/C42H27N9/c1-45-36-18-10-32(11-19-36)35-16-24-39(25-17-35)48-42-50-40(46-37-20-12-33(13-21-37)30-6-2-28(26-43)3-7-30)49-41(51-42)47-38-22-14-34(15-23-38)31-8-4-29(27-44)5-9-31/h2-25H,(H3,46,47,48,49,50,51). The van der Waals surface area contributed by atoms with Gasteiger partial charge in [-0.2, -0.15) is 25.5 Å². The molecule has 0 amide bonds. The number of nitrogens with one attached hydrogen (secondary N) is 3. The lowest BCUT2D eigenvalue weighted by atomic mass is 10.0. The maximum absolute atomic E-state index is 9.12. The van der Waals surface area contributed by atoms with Crippen LogP contribution in [0.15, 0.2) is 146 Å². The van der Waals surface area contributed by atoms with Crippen LogP contribution in [-0.4, -0.2) is 15.0 Å². The van der Waals surface area contributed by atoms with Crippen LogP contribution in [-0.2, 0) is 0 Å². The Kier molecular flexibility index (Phi) is 9.06. The summed E-state index contributed by atoms with van der Waals surface area (Å²) in [5.41, 5.74) is 10.3. The fourth-order valence-corrected chi connectivity index (χ4v) is 5.37. The molecule has 0 aliphatic heterocycles. The minimum Gasteiger partial charge on any atom is -0.324 e. The molecule has 0 atom stereocenters. The topological polar surface area (TPSA) is 127 Å². The summed E-state index contributed by atoms with van der Waals surface area (Å²) in [5.74, 6) is 1.02. The number of hydrogen-bond donors (Lipinski definition) is 3. The van der Waals surface area contributed by atoms with Crippen molar-refractivity contribution in [1.29, 1.82) is 10.5 Å². The van der Waals surface area contributed by atoms with Gasteiger partial charge in [0.15, 0.2) is 5.69 Å². The van der Waals surface area contributed by atoms with Crippen molar-refractivity contribution in [1.82, 2.24) is 15.0 Å². The first-order valence-electron chi connectivity index (χ1n) is 15.9. The highest BCUT2D eigenvalue weighted by Crippen LogP contribution is 2.28. The van der Waals surface area contributed by atoms with E-state index in [2.05, 4.69) is 47.9 Å². The Morgan fingerprint density at radius 2 is 0.647 bits per heavy atom. The minimum absolute atomic E-state index is 0.340. The highest BCUT2D eigenvalue weighted by atomic mass is 15.3. The van der Waals surface area contributed by atoms with Crippen molar-refractivity contribution in [3.05, 3.63) is 168 Å². The molecule has 9 nitrogen and oxygen atoms in total. The summed E-state index contributed by atoms with van der Waals surface area (Å²) in [6, 6.07) is 50.4. The number of anilines is 6. The van der Waals surface area contributed by atoms with E-state index in [1.165, 1.54) is 0 Å². The van der Waals surface area contributed by atoms with Crippen molar-refractivity contribution < 1.29 is 0 Å². The molecule has 0 saturated heterocycles. The Balaban J connectivity index is 1.13. The highest BCUT2D eigenvalue weighted by molar-refractivity contribution is 5.72. The molecule has 9 heteroatoms. The van der Waals surface area contributed by atoms with Gasteiger partial charge in [0.05, 0.1) is 29.8 Å². The third-order valence-electron chi connectivity index (χ3n) is 8.08. The van der Waals surface area contributed by atoms with Crippen molar-refractivity contribution in [2.75, 3.05) is 16.0 Å². The van der Waals surface area contributed by atoms with Gasteiger partial charge in [-0.25, -0.2) is 4.85 Å². The van der Waals surface area contributed by atoms with Gasteiger partial charge in [0.1, 0.15) is 0 Å². The molecular weight excluding hydrogens is 631 g/mol.